The minimum Gasteiger partial charge on any atom is -0.465 e. The molecule has 6 heteroatoms. The number of halogens is 3. The van der Waals surface area contributed by atoms with Crippen LogP contribution in [0.3, 0.4) is 0 Å². The molecule has 0 aliphatic carbocycles. The van der Waals surface area contributed by atoms with Crippen LogP contribution in [0, 0.1) is 0 Å². The molecule has 0 aromatic rings. The molecule has 1 unspecified atom stereocenters. The smallest absolute Gasteiger partial charge is 0.389 e. The summed E-state index contributed by atoms with van der Waals surface area (Å²) in [5.74, 6) is 0.376. The third-order valence-electron chi connectivity index (χ3n) is 3.25. The molecule has 0 spiro atoms. The minimum absolute atomic E-state index is 0.128. The molecule has 0 fully saturated rings. The molecular weight excluding hydrogens is 313 g/mol. The van der Waals surface area contributed by atoms with E-state index in [1.807, 2.05) is 6.92 Å². The van der Waals surface area contributed by atoms with Crippen LogP contribution in [0.5, 0.6) is 0 Å². The highest BCUT2D eigenvalue weighted by Crippen LogP contribution is 2.25. The number of alkyl halides is 3. The van der Waals surface area contributed by atoms with Crippen LogP contribution in [0.15, 0.2) is 0 Å². The Kier molecular flexibility index (Phi) is 12.9. The van der Waals surface area contributed by atoms with Crippen molar-refractivity contribution in [3.63, 3.8) is 0 Å². The summed E-state index contributed by atoms with van der Waals surface area (Å²) in [4.78, 5) is 12.0. The molecule has 0 radical (unpaired) electrons. The van der Waals surface area contributed by atoms with Gasteiger partial charge in [-0.2, -0.15) is 13.2 Å². The number of ether oxygens (including phenoxy) is 1. The van der Waals surface area contributed by atoms with Crippen molar-refractivity contribution in [2.75, 3.05) is 12.4 Å². The third-order valence-corrected chi connectivity index (χ3v) is 4.60. The number of hydrogen-bond acceptors (Lipinski definition) is 3. The lowest BCUT2D eigenvalue weighted by Crippen LogP contribution is -2.21. The number of esters is 1. The highest BCUT2D eigenvalue weighted by Gasteiger charge is 2.26. The van der Waals surface area contributed by atoms with Crippen LogP contribution in [0.2, 0.25) is 0 Å². The summed E-state index contributed by atoms with van der Waals surface area (Å²) in [7, 11) is 0. The van der Waals surface area contributed by atoms with E-state index in [2.05, 4.69) is 6.92 Å². The molecule has 0 bridgehead atoms. The predicted molar refractivity (Wildman–Crippen MR) is 86.2 cm³/mol. The lowest BCUT2D eigenvalue weighted by Gasteiger charge is -2.15. The van der Waals surface area contributed by atoms with Gasteiger partial charge in [0.2, 0.25) is 0 Å². The first kappa shape index (κ1) is 21.6. The van der Waals surface area contributed by atoms with Crippen LogP contribution in [0.4, 0.5) is 13.2 Å². The van der Waals surface area contributed by atoms with Crippen molar-refractivity contribution in [2.24, 2.45) is 0 Å². The first-order valence-electron chi connectivity index (χ1n) is 8.25. The van der Waals surface area contributed by atoms with Crippen molar-refractivity contribution >= 4 is 17.7 Å². The molecule has 0 aliphatic rings. The van der Waals surface area contributed by atoms with Crippen LogP contribution >= 0.6 is 11.8 Å². The summed E-state index contributed by atoms with van der Waals surface area (Å²) in [6.07, 6.45) is 1.46. The van der Waals surface area contributed by atoms with Crippen LogP contribution in [0.25, 0.3) is 0 Å². The number of carbonyl (C=O) groups excluding carboxylic acids is 1. The van der Waals surface area contributed by atoms with E-state index in [-0.39, 0.29) is 17.6 Å². The van der Waals surface area contributed by atoms with Gasteiger partial charge >= 0.3 is 12.1 Å². The largest absolute Gasteiger partial charge is 0.465 e. The number of rotatable bonds is 13. The van der Waals surface area contributed by atoms with Gasteiger partial charge < -0.3 is 4.74 Å². The van der Waals surface area contributed by atoms with E-state index in [0.29, 0.717) is 18.8 Å². The quantitative estimate of drug-likeness (QED) is 0.315. The van der Waals surface area contributed by atoms with Crippen molar-refractivity contribution in [2.45, 2.75) is 83.1 Å². The van der Waals surface area contributed by atoms with E-state index in [0.717, 1.165) is 38.5 Å². The zero-order valence-electron chi connectivity index (χ0n) is 13.7. The fraction of sp³-hybridized carbons (Fsp3) is 0.938. The van der Waals surface area contributed by atoms with Crippen LogP contribution in [0.1, 0.15) is 71.6 Å². The number of thioether (sulfide) groups is 1. The van der Waals surface area contributed by atoms with E-state index in [4.69, 9.17) is 4.74 Å². The minimum atomic E-state index is -4.08. The molecule has 0 aromatic heterocycles. The van der Waals surface area contributed by atoms with Gasteiger partial charge in [0.05, 0.1) is 6.61 Å². The Morgan fingerprint density at radius 1 is 1.05 bits per heavy atom. The Morgan fingerprint density at radius 2 is 1.73 bits per heavy atom. The van der Waals surface area contributed by atoms with Gasteiger partial charge in [-0.1, -0.05) is 39.5 Å². The second kappa shape index (κ2) is 13.1. The van der Waals surface area contributed by atoms with Gasteiger partial charge in [0.25, 0.3) is 0 Å². The maximum Gasteiger partial charge on any atom is 0.389 e. The Balaban J connectivity index is 4.03. The Labute approximate surface area is 136 Å². The van der Waals surface area contributed by atoms with Crippen molar-refractivity contribution < 1.29 is 22.7 Å². The standard InChI is InChI=1S/C16H29F3O2S/c1-3-5-7-10-14(15(20)21-12-6-4-2)22-13-9-8-11-16(17,18)19/h14H,3-13H2,1-2H3. The average molecular weight is 342 g/mol. The highest BCUT2D eigenvalue weighted by molar-refractivity contribution is 8.00. The SMILES string of the molecule is CCCCCC(SCCCCC(F)(F)F)C(=O)OCCCC. The number of unbranched alkanes of at least 4 members (excludes halogenated alkanes) is 4. The molecule has 1 atom stereocenters. The maximum atomic E-state index is 12.1. The summed E-state index contributed by atoms with van der Waals surface area (Å²) in [6, 6.07) is 0. The van der Waals surface area contributed by atoms with Crippen molar-refractivity contribution in [1.82, 2.24) is 0 Å². The van der Waals surface area contributed by atoms with Gasteiger partial charge in [0, 0.05) is 6.42 Å². The number of hydrogen-bond donors (Lipinski definition) is 0. The first-order chi connectivity index (χ1) is 10.4. The summed E-state index contributed by atoms with van der Waals surface area (Å²) in [5.41, 5.74) is 0. The molecule has 0 saturated heterocycles. The monoisotopic (exact) mass is 342 g/mol. The van der Waals surface area contributed by atoms with E-state index in [1.54, 1.807) is 0 Å². The van der Waals surface area contributed by atoms with Crippen molar-refractivity contribution in [3.8, 4) is 0 Å². The van der Waals surface area contributed by atoms with Crippen molar-refractivity contribution in [1.29, 1.82) is 0 Å². The zero-order chi connectivity index (χ0) is 16.8. The molecule has 0 saturated carbocycles. The van der Waals surface area contributed by atoms with Gasteiger partial charge in [-0.25, -0.2) is 0 Å². The Morgan fingerprint density at radius 3 is 2.32 bits per heavy atom. The summed E-state index contributed by atoms with van der Waals surface area (Å²) < 4.78 is 41.4. The molecule has 2 nitrogen and oxygen atoms in total. The van der Waals surface area contributed by atoms with Crippen molar-refractivity contribution in [3.05, 3.63) is 0 Å². The molecule has 0 rings (SSSR count). The molecule has 0 N–H and O–H groups in total. The Bertz CT molecular complexity index is 283. The predicted octanol–water partition coefficient (Wildman–Crippen LogP) is 5.74. The van der Waals surface area contributed by atoms with E-state index >= 15 is 0 Å². The zero-order valence-corrected chi connectivity index (χ0v) is 14.5. The van der Waals surface area contributed by atoms with Gasteiger partial charge in [0.15, 0.2) is 0 Å². The van der Waals surface area contributed by atoms with Crippen LogP contribution in [-0.2, 0) is 9.53 Å². The molecule has 0 aromatic carbocycles. The van der Waals surface area contributed by atoms with Gasteiger partial charge in [-0.15, -0.1) is 11.8 Å². The van der Waals surface area contributed by atoms with Gasteiger partial charge in [-0.05, 0) is 31.4 Å². The fourth-order valence-corrected chi connectivity index (χ4v) is 3.10. The van der Waals surface area contributed by atoms with Crippen LogP contribution in [-0.4, -0.2) is 29.8 Å². The topological polar surface area (TPSA) is 26.3 Å². The number of carbonyl (C=O) groups is 1. The van der Waals surface area contributed by atoms with Gasteiger partial charge in [-0.3, -0.25) is 4.79 Å². The summed E-state index contributed by atoms with van der Waals surface area (Å²) >= 11 is 1.45. The lowest BCUT2D eigenvalue weighted by atomic mass is 10.1. The van der Waals surface area contributed by atoms with E-state index in [1.165, 1.54) is 11.8 Å². The molecule has 0 heterocycles. The summed E-state index contributed by atoms with van der Waals surface area (Å²) in [6.45, 7) is 4.56. The van der Waals surface area contributed by atoms with E-state index in [9.17, 15) is 18.0 Å². The first-order valence-corrected chi connectivity index (χ1v) is 9.30. The molecule has 22 heavy (non-hydrogen) atoms. The second-order valence-electron chi connectivity index (χ2n) is 5.45. The summed E-state index contributed by atoms with van der Waals surface area (Å²) in [5, 5.41) is -0.228. The molecule has 132 valence electrons. The third kappa shape index (κ3) is 13.3. The molecule has 0 amide bonds. The van der Waals surface area contributed by atoms with Crippen LogP contribution < -0.4 is 0 Å². The molecular formula is C16H29F3O2S. The van der Waals surface area contributed by atoms with Gasteiger partial charge in [0.1, 0.15) is 5.25 Å². The maximum absolute atomic E-state index is 12.1. The highest BCUT2D eigenvalue weighted by atomic mass is 32.2. The average Bonchev–Trinajstić information content (AvgIpc) is 2.44. The van der Waals surface area contributed by atoms with E-state index < -0.39 is 12.6 Å². The lowest BCUT2D eigenvalue weighted by molar-refractivity contribution is -0.143. The normalized spacial score (nSPS) is 13.1. The second-order valence-corrected chi connectivity index (χ2v) is 6.76. The molecule has 0 aliphatic heterocycles. The fourth-order valence-electron chi connectivity index (χ4n) is 1.91. The Hall–Kier alpha value is -0.390.